The second-order valence-corrected chi connectivity index (χ2v) is 7.80. The number of imidazole rings is 1. The molecule has 0 saturated heterocycles. The lowest BCUT2D eigenvalue weighted by atomic mass is 10.0. The molecule has 0 spiro atoms. The smallest absolute Gasteiger partial charge is 0.265 e. The van der Waals surface area contributed by atoms with Gasteiger partial charge >= 0.3 is 0 Å². The number of tetrazole rings is 1. The summed E-state index contributed by atoms with van der Waals surface area (Å²) < 4.78 is 36.1. The number of nitriles is 1. The number of alkyl halides is 2. The topological polar surface area (TPSA) is 107 Å². The molecular formula is C24H18F2N8O. The van der Waals surface area contributed by atoms with Crippen LogP contribution in [0, 0.1) is 11.3 Å². The molecule has 0 unspecified atom stereocenters. The Morgan fingerprint density at radius 1 is 1.11 bits per heavy atom. The molecule has 35 heavy (non-hydrogen) atoms. The maximum absolute atomic E-state index is 13.5. The first-order valence-corrected chi connectivity index (χ1v) is 10.7. The molecular weight excluding hydrogens is 454 g/mol. The average molecular weight is 472 g/mol. The third-order valence-corrected chi connectivity index (χ3v) is 5.38. The first kappa shape index (κ1) is 22.1. The van der Waals surface area contributed by atoms with E-state index in [9.17, 15) is 14.0 Å². The maximum Gasteiger partial charge on any atom is 0.265 e. The fourth-order valence-electron chi connectivity index (χ4n) is 3.83. The zero-order valence-corrected chi connectivity index (χ0v) is 18.5. The summed E-state index contributed by atoms with van der Waals surface area (Å²) in [5, 5.41) is 25.3. The van der Waals surface area contributed by atoms with Crippen LogP contribution in [-0.2, 0) is 6.54 Å². The molecule has 3 heterocycles. The van der Waals surface area contributed by atoms with Gasteiger partial charge < -0.3 is 4.74 Å². The lowest BCUT2D eigenvalue weighted by Gasteiger charge is -2.15. The molecule has 0 saturated carbocycles. The molecule has 174 valence electrons. The zero-order chi connectivity index (χ0) is 24.4. The molecule has 0 N–H and O–H groups in total. The highest BCUT2D eigenvalue weighted by Crippen LogP contribution is 2.32. The van der Waals surface area contributed by atoms with Crippen molar-refractivity contribution in [1.82, 2.24) is 34.8 Å². The minimum absolute atomic E-state index is 0.0940. The van der Waals surface area contributed by atoms with Gasteiger partial charge in [0, 0.05) is 16.7 Å². The van der Waals surface area contributed by atoms with E-state index in [-0.39, 0.29) is 17.2 Å². The van der Waals surface area contributed by atoms with Crippen molar-refractivity contribution in [3.05, 3.63) is 78.2 Å². The SMILES string of the molecule is C[C@@H](Cn1cnnn1)Oc1cccc(-c2ccc3ncc(-c4cccc(C(F)F)c4C#N)n3n2)c1. The molecule has 2 aromatic carbocycles. The molecule has 9 nitrogen and oxygen atoms in total. The number of ether oxygens (including phenoxy) is 1. The van der Waals surface area contributed by atoms with Gasteiger partial charge in [-0.1, -0.05) is 30.3 Å². The Bertz CT molecular complexity index is 1520. The highest BCUT2D eigenvalue weighted by atomic mass is 19.3. The predicted molar refractivity (Wildman–Crippen MR) is 121 cm³/mol. The molecule has 0 radical (unpaired) electrons. The Labute approximate surface area is 198 Å². The number of nitrogens with zero attached hydrogens (tertiary/aromatic N) is 8. The van der Waals surface area contributed by atoms with E-state index in [0.29, 0.717) is 34.9 Å². The van der Waals surface area contributed by atoms with E-state index in [2.05, 4.69) is 25.6 Å². The number of hydrogen-bond donors (Lipinski definition) is 0. The van der Waals surface area contributed by atoms with Crippen molar-refractivity contribution in [2.24, 2.45) is 0 Å². The standard InChI is InChI=1S/C24H18F2N8O/c1-15(13-33-14-29-31-32-33)35-17-5-2-4-16(10-17)21-8-9-23-28-12-22(34(23)30-21)18-6-3-7-19(24(25)26)20(18)11-27/h2-10,12,14-15,24H,13H2,1H3/t15-/m0/s1. The van der Waals surface area contributed by atoms with Gasteiger partial charge in [-0.3, -0.25) is 0 Å². The number of rotatable bonds is 7. The fourth-order valence-corrected chi connectivity index (χ4v) is 3.83. The van der Waals surface area contributed by atoms with Crippen LogP contribution in [0.2, 0.25) is 0 Å². The first-order chi connectivity index (χ1) is 17.0. The van der Waals surface area contributed by atoms with Crippen LogP contribution in [0.25, 0.3) is 28.2 Å². The Kier molecular flexibility index (Phi) is 5.85. The van der Waals surface area contributed by atoms with Crippen molar-refractivity contribution in [2.45, 2.75) is 26.0 Å². The highest BCUT2D eigenvalue weighted by Gasteiger charge is 2.19. The van der Waals surface area contributed by atoms with Crippen molar-refractivity contribution in [1.29, 1.82) is 5.26 Å². The molecule has 0 fully saturated rings. The Balaban J connectivity index is 1.49. The Morgan fingerprint density at radius 3 is 2.74 bits per heavy atom. The van der Waals surface area contributed by atoms with Crippen molar-refractivity contribution in [3.63, 3.8) is 0 Å². The predicted octanol–water partition coefficient (Wildman–Crippen LogP) is 4.33. The summed E-state index contributed by atoms with van der Waals surface area (Å²) in [5.41, 5.74) is 2.32. The van der Waals surface area contributed by atoms with Crippen LogP contribution in [0.1, 0.15) is 24.5 Å². The van der Waals surface area contributed by atoms with Gasteiger partial charge in [-0.2, -0.15) is 10.4 Å². The minimum atomic E-state index is -2.77. The lowest BCUT2D eigenvalue weighted by molar-refractivity contribution is 0.151. The molecule has 0 aliphatic heterocycles. The summed E-state index contributed by atoms with van der Waals surface area (Å²) >= 11 is 0. The number of benzene rings is 2. The normalized spacial score (nSPS) is 12.1. The second-order valence-electron chi connectivity index (χ2n) is 7.80. The van der Waals surface area contributed by atoms with E-state index in [1.807, 2.05) is 43.3 Å². The van der Waals surface area contributed by atoms with E-state index in [1.165, 1.54) is 24.7 Å². The van der Waals surface area contributed by atoms with Crippen molar-refractivity contribution < 1.29 is 13.5 Å². The molecule has 0 amide bonds. The summed E-state index contributed by atoms with van der Waals surface area (Å²) in [4.78, 5) is 4.33. The Hall–Kier alpha value is -4.72. The number of halogens is 2. The number of hydrogen-bond acceptors (Lipinski definition) is 7. The summed E-state index contributed by atoms with van der Waals surface area (Å²) in [5.74, 6) is 0.646. The lowest BCUT2D eigenvalue weighted by Crippen LogP contribution is -2.20. The monoisotopic (exact) mass is 472 g/mol. The summed E-state index contributed by atoms with van der Waals surface area (Å²) in [6.07, 6.45) is 0.0964. The van der Waals surface area contributed by atoms with Crippen molar-refractivity contribution in [3.8, 4) is 34.3 Å². The van der Waals surface area contributed by atoms with Gasteiger partial charge in [0.1, 0.15) is 24.3 Å². The first-order valence-electron chi connectivity index (χ1n) is 10.7. The Morgan fingerprint density at radius 2 is 1.97 bits per heavy atom. The summed E-state index contributed by atoms with van der Waals surface area (Å²) in [7, 11) is 0. The quantitative estimate of drug-likeness (QED) is 0.347. The molecule has 0 bridgehead atoms. The average Bonchev–Trinajstić information content (AvgIpc) is 3.53. The van der Waals surface area contributed by atoms with Crippen LogP contribution in [0.5, 0.6) is 5.75 Å². The third-order valence-electron chi connectivity index (χ3n) is 5.38. The van der Waals surface area contributed by atoms with Crippen LogP contribution < -0.4 is 4.74 Å². The summed E-state index contributed by atoms with van der Waals surface area (Å²) in [6, 6.07) is 17.3. The van der Waals surface area contributed by atoms with Gasteiger partial charge in [0.05, 0.1) is 29.7 Å². The molecule has 5 rings (SSSR count). The van der Waals surface area contributed by atoms with Gasteiger partial charge in [-0.15, -0.1) is 5.10 Å². The second kappa shape index (κ2) is 9.26. The molecule has 5 aromatic rings. The zero-order valence-electron chi connectivity index (χ0n) is 18.5. The van der Waals surface area contributed by atoms with E-state index in [4.69, 9.17) is 4.74 Å². The van der Waals surface area contributed by atoms with Gasteiger partial charge in [0.2, 0.25) is 0 Å². The molecule has 11 heteroatoms. The van der Waals surface area contributed by atoms with Crippen LogP contribution in [0.4, 0.5) is 8.78 Å². The summed E-state index contributed by atoms with van der Waals surface area (Å²) in [6.45, 7) is 2.40. The van der Waals surface area contributed by atoms with Crippen LogP contribution in [-0.4, -0.2) is 40.9 Å². The van der Waals surface area contributed by atoms with Crippen molar-refractivity contribution in [2.75, 3.05) is 0 Å². The van der Waals surface area contributed by atoms with Gasteiger partial charge in [0.15, 0.2) is 5.65 Å². The van der Waals surface area contributed by atoms with E-state index >= 15 is 0 Å². The van der Waals surface area contributed by atoms with Crippen LogP contribution in [0.15, 0.2) is 67.1 Å². The highest BCUT2D eigenvalue weighted by molar-refractivity contribution is 5.72. The molecule has 1 atom stereocenters. The van der Waals surface area contributed by atoms with Crippen LogP contribution in [0.3, 0.4) is 0 Å². The van der Waals surface area contributed by atoms with E-state index < -0.39 is 6.43 Å². The largest absolute Gasteiger partial charge is 0.489 e. The van der Waals surface area contributed by atoms with Gasteiger partial charge in [-0.05, 0) is 41.6 Å². The maximum atomic E-state index is 13.5. The van der Waals surface area contributed by atoms with Gasteiger partial charge in [-0.25, -0.2) is 23.0 Å². The fraction of sp³-hybridized carbons (Fsp3) is 0.167. The third kappa shape index (κ3) is 4.41. The minimum Gasteiger partial charge on any atom is -0.489 e. The van der Waals surface area contributed by atoms with Gasteiger partial charge in [0.25, 0.3) is 6.43 Å². The van der Waals surface area contributed by atoms with E-state index in [0.717, 1.165) is 5.56 Å². The van der Waals surface area contributed by atoms with Crippen LogP contribution >= 0.6 is 0 Å². The molecule has 0 aliphatic carbocycles. The number of aromatic nitrogens is 7. The molecule has 0 aliphatic rings. The van der Waals surface area contributed by atoms with E-state index in [1.54, 1.807) is 21.3 Å². The molecule has 3 aromatic heterocycles. The van der Waals surface area contributed by atoms with Crippen molar-refractivity contribution >= 4 is 5.65 Å². The number of fused-ring (bicyclic) bond motifs is 1.